The van der Waals surface area contributed by atoms with Crippen molar-refractivity contribution in [1.82, 2.24) is 15.1 Å². The molecule has 0 aromatic carbocycles. The largest absolute Gasteiger partial charge is 0.381 e. The lowest BCUT2D eigenvalue weighted by Gasteiger charge is -2.28. The van der Waals surface area contributed by atoms with Crippen molar-refractivity contribution in [2.75, 3.05) is 26.3 Å². The zero-order valence-corrected chi connectivity index (χ0v) is 10.3. The first-order valence-electron chi connectivity index (χ1n) is 6.77. The van der Waals surface area contributed by atoms with Gasteiger partial charge in [-0.25, -0.2) is 0 Å². The normalized spacial score (nSPS) is 27.2. The lowest BCUT2D eigenvalue weighted by Crippen LogP contribution is -2.31. The van der Waals surface area contributed by atoms with Crippen molar-refractivity contribution in [2.45, 2.75) is 37.6 Å². The van der Waals surface area contributed by atoms with Crippen LogP contribution in [0, 0.1) is 0 Å². The van der Waals surface area contributed by atoms with Crippen LogP contribution in [-0.4, -0.2) is 36.1 Å². The lowest BCUT2D eigenvalue weighted by molar-refractivity contribution is 0.0649. The van der Waals surface area contributed by atoms with E-state index in [4.69, 9.17) is 4.74 Å². The van der Waals surface area contributed by atoms with Crippen LogP contribution in [0.25, 0.3) is 0 Å². The second-order valence-electron chi connectivity index (χ2n) is 5.09. The van der Waals surface area contributed by atoms with Crippen LogP contribution in [0.4, 0.5) is 0 Å². The number of piperidine rings is 1. The van der Waals surface area contributed by atoms with Gasteiger partial charge in [-0.05, 0) is 38.3 Å². The maximum Gasteiger partial charge on any atom is 0.0566 e. The van der Waals surface area contributed by atoms with Crippen molar-refractivity contribution in [3.63, 3.8) is 0 Å². The summed E-state index contributed by atoms with van der Waals surface area (Å²) in [6, 6.07) is 2.75. The highest BCUT2D eigenvalue weighted by molar-refractivity contribution is 5.11. The molecule has 0 amide bonds. The fraction of sp³-hybridized carbons (Fsp3) is 0.769. The maximum atomic E-state index is 5.43. The molecule has 3 rings (SSSR count). The summed E-state index contributed by atoms with van der Waals surface area (Å²) in [5.74, 6) is 0.647. The van der Waals surface area contributed by atoms with Gasteiger partial charge in [0.15, 0.2) is 0 Å². The van der Waals surface area contributed by atoms with Crippen molar-refractivity contribution < 1.29 is 4.74 Å². The minimum Gasteiger partial charge on any atom is -0.381 e. The molecule has 0 unspecified atom stereocenters. The van der Waals surface area contributed by atoms with Gasteiger partial charge in [0.05, 0.1) is 6.04 Å². The van der Waals surface area contributed by atoms with Gasteiger partial charge in [-0.15, -0.1) is 0 Å². The van der Waals surface area contributed by atoms with Gasteiger partial charge < -0.3 is 10.1 Å². The quantitative estimate of drug-likeness (QED) is 0.848. The van der Waals surface area contributed by atoms with Crippen LogP contribution in [0.15, 0.2) is 12.3 Å². The van der Waals surface area contributed by atoms with E-state index in [9.17, 15) is 0 Å². The average Bonchev–Trinajstić information content (AvgIpc) is 2.90. The summed E-state index contributed by atoms with van der Waals surface area (Å²) in [7, 11) is 0. The van der Waals surface area contributed by atoms with E-state index in [1.807, 2.05) is 6.20 Å². The Balaban J connectivity index is 1.77. The Hall–Kier alpha value is -0.870. The topological polar surface area (TPSA) is 39.1 Å². The first-order chi connectivity index (χ1) is 8.45. The molecule has 17 heavy (non-hydrogen) atoms. The maximum absolute atomic E-state index is 5.43. The second kappa shape index (κ2) is 5.19. The SMILES string of the molecule is c1cc([C@H]2CCCNC2)n(C2CCOCC2)n1. The Labute approximate surface area is 102 Å². The van der Waals surface area contributed by atoms with Gasteiger partial charge in [-0.2, -0.15) is 5.10 Å². The second-order valence-corrected chi connectivity index (χ2v) is 5.09. The van der Waals surface area contributed by atoms with Gasteiger partial charge in [-0.1, -0.05) is 0 Å². The highest BCUT2D eigenvalue weighted by Gasteiger charge is 2.23. The number of ether oxygens (including phenoxy) is 1. The number of rotatable bonds is 2. The minimum atomic E-state index is 0.552. The van der Waals surface area contributed by atoms with E-state index in [1.54, 1.807) is 0 Å². The molecule has 3 heterocycles. The molecule has 1 aromatic heterocycles. The summed E-state index contributed by atoms with van der Waals surface area (Å²) in [6.07, 6.45) is 6.74. The lowest BCUT2D eigenvalue weighted by atomic mass is 9.95. The molecule has 0 aliphatic carbocycles. The zero-order chi connectivity index (χ0) is 11.5. The molecule has 2 aliphatic heterocycles. The van der Waals surface area contributed by atoms with E-state index in [1.165, 1.54) is 25.1 Å². The van der Waals surface area contributed by atoms with E-state index >= 15 is 0 Å². The van der Waals surface area contributed by atoms with Crippen LogP contribution in [0.1, 0.15) is 43.3 Å². The summed E-state index contributed by atoms with van der Waals surface area (Å²) in [4.78, 5) is 0. The molecular weight excluding hydrogens is 214 g/mol. The number of aromatic nitrogens is 2. The third kappa shape index (κ3) is 2.38. The van der Waals surface area contributed by atoms with Gasteiger partial charge >= 0.3 is 0 Å². The predicted molar refractivity (Wildman–Crippen MR) is 66.2 cm³/mol. The third-order valence-electron chi connectivity index (χ3n) is 3.95. The molecule has 0 bridgehead atoms. The van der Waals surface area contributed by atoms with Crippen molar-refractivity contribution >= 4 is 0 Å². The third-order valence-corrected chi connectivity index (χ3v) is 3.95. The molecule has 4 nitrogen and oxygen atoms in total. The molecule has 0 saturated carbocycles. The molecule has 1 N–H and O–H groups in total. The number of nitrogens with zero attached hydrogens (tertiary/aromatic N) is 2. The Morgan fingerprint density at radius 1 is 1.29 bits per heavy atom. The van der Waals surface area contributed by atoms with Gasteiger partial charge in [0.25, 0.3) is 0 Å². The Morgan fingerprint density at radius 3 is 2.94 bits per heavy atom. The number of hydrogen-bond acceptors (Lipinski definition) is 3. The first kappa shape index (κ1) is 11.2. The molecule has 1 aromatic rings. The highest BCUT2D eigenvalue weighted by atomic mass is 16.5. The van der Waals surface area contributed by atoms with Crippen LogP contribution in [0.2, 0.25) is 0 Å². The fourth-order valence-corrected chi connectivity index (χ4v) is 2.99. The molecule has 94 valence electrons. The van der Waals surface area contributed by atoms with Gasteiger partial charge in [0.2, 0.25) is 0 Å². The summed E-state index contributed by atoms with van der Waals surface area (Å²) in [5.41, 5.74) is 1.42. The zero-order valence-electron chi connectivity index (χ0n) is 10.3. The van der Waals surface area contributed by atoms with E-state index in [-0.39, 0.29) is 0 Å². The molecule has 4 heteroatoms. The smallest absolute Gasteiger partial charge is 0.0566 e. The minimum absolute atomic E-state index is 0.552. The molecule has 1 atom stereocenters. The van der Waals surface area contributed by atoms with E-state index in [0.29, 0.717) is 12.0 Å². The van der Waals surface area contributed by atoms with Crippen molar-refractivity contribution in [2.24, 2.45) is 0 Å². The molecule has 0 radical (unpaired) electrons. The van der Waals surface area contributed by atoms with E-state index < -0.39 is 0 Å². The van der Waals surface area contributed by atoms with Crippen molar-refractivity contribution in [3.05, 3.63) is 18.0 Å². The predicted octanol–water partition coefficient (Wildman–Crippen LogP) is 1.70. The number of hydrogen-bond donors (Lipinski definition) is 1. The first-order valence-corrected chi connectivity index (χ1v) is 6.77. The van der Waals surface area contributed by atoms with Crippen LogP contribution in [0.5, 0.6) is 0 Å². The molecular formula is C13H21N3O. The molecule has 2 fully saturated rings. The molecule has 2 saturated heterocycles. The number of nitrogens with one attached hydrogen (secondary N) is 1. The van der Waals surface area contributed by atoms with Gasteiger partial charge in [0, 0.05) is 37.6 Å². The Kier molecular flexibility index (Phi) is 3.43. The Morgan fingerprint density at radius 2 is 2.18 bits per heavy atom. The van der Waals surface area contributed by atoms with Gasteiger partial charge in [0.1, 0.15) is 0 Å². The molecule has 2 aliphatic rings. The summed E-state index contributed by atoms with van der Waals surface area (Å²) < 4.78 is 7.69. The van der Waals surface area contributed by atoms with Gasteiger partial charge in [-0.3, -0.25) is 4.68 Å². The van der Waals surface area contributed by atoms with E-state index in [0.717, 1.165) is 32.6 Å². The highest BCUT2D eigenvalue weighted by Crippen LogP contribution is 2.28. The van der Waals surface area contributed by atoms with Crippen LogP contribution in [0.3, 0.4) is 0 Å². The monoisotopic (exact) mass is 235 g/mol. The van der Waals surface area contributed by atoms with E-state index in [2.05, 4.69) is 21.2 Å². The van der Waals surface area contributed by atoms with Crippen molar-refractivity contribution in [1.29, 1.82) is 0 Å². The standard InChI is InChI=1S/C13H21N3O/c1-2-11(10-14-6-1)13-3-7-15-16(13)12-4-8-17-9-5-12/h3,7,11-12,14H,1-2,4-6,8-10H2/t11-/m0/s1. The van der Waals surface area contributed by atoms with Crippen LogP contribution < -0.4 is 5.32 Å². The summed E-state index contributed by atoms with van der Waals surface area (Å²) in [6.45, 7) is 4.04. The summed E-state index contributed by atoms with van der Waals surface area (Å²) in [5, 5.41) is 8.04. The summed E-state index contributed by atoms with van der Waals surface area (Å²) >= 11 is 0. The van der Waals surface area contributed by atoms with Crippen LogP contribution in [-0.2, 0) is 4.74 Å². The Bertz CT molecular complexity index is 319. The average molecular weight is 235 g/mol. The van der Waals surface area contributed by atoms with Crippen LogP contribution >= 0.6 is 0 Å². The fourth-order valence-electron chi connectivity index (χ4n) is 2.99. The molecule has 0 spiro atoms. The van der Waals surface area contributed by atoms with Crippen molar-refractivity contribution in [3.8, 4) is 0 Å².